The van der Waals surface area contributed by atoms with Crippen LogP contribution in [0.3, 0.4) is 0 Å². The molecule has 0 spiro atoms. The molecule has 48 heavy (non-hydrogen) atoms. The predicted molar refractivity (Wildman–Crippen MR) is 194 cm³/mol. The van der Waals surface area contributed by atoms with Gasteiger partial charge in [0.05, 0.1) is 11.8 Å². The third-order valence-electron chi connectivity index (χ3n) is 9.45. The van der Waals surface area contributed by atoms with E-state index < -0.39 is 35.5 Å². The summed E-state index contributed by atoms with van der Waals surface area (Å²) in [5.74, 6) is -4.32. The van der Waals surface area contributed by atoms with Gasteiger partial charge < -0.3 is 21.3 Å². The zero-order valence-electron chi connectivity index (χ0n) is 29.1. The molecule has 0 fully saturated rings. The highest BCUT2D eigenvalue weighted by atomic mass is 16.2. The maximum atomic E-state index is 14.2. The minimum absolute atomic E-state index is 0.328. The van der Waals surface area contributed by atoms with Gasteiger partial charge in [-0.15, -0.1) is 0 Å². The Bertz CT molecular complexity index is 1730. The lowest BCUT2D eigenvalue weighted by Gasteiger charge is -2.26. The molecule has 4 amide bonds. The van der Waals surface area contributed by atoms with Crippen LogP contribution >= 0.6 is 0 Å². The summed E-state index contributed by atoms with van der Waals surface area (Å²) in [6, 6.07) is 22.3. The molecule has 0 saturated carbocycles. The molecule has 0 saturated heterocycles. The predicted octanol–water partition coefficient (Wildman–Crippen LogP) is 8.02. The number of hydrogen-bond donors (Lipinski definition) is 4. The topological polar surface area (TPSA) is 116 Å². The molecule has 4 rings (SSSR count). The van der Waals surface area contributed by atoms with Crippen molar-refractivity contribution in [1.82, 2.24) is 0 Å². The van der Waals surface area contributed by atoms with E-state index in [0.29, 0.717) is 22.7 Å². The van der Waals surface area contributed by atoms with Crippen molar-refractivity contribution < 1.29 is 19.2 Å². The van der Waals surface area contributed by atoms with Gasteiger partial charge in [0, 0.05) is 35.6 Å². The molecule has 8 heteroatoms. The number of rotatable bonds is 11. The van der Waals surface area contributed by atoms with Gasteiger partial charge in [0.1, 0.15) is 0 Å². The van der Waals surface area contributed by atoms with Crippen LogP contribution in [0.5, 0.6) is 0 Å². The standard InChI is InChI=1S/C40H46N4O4/c1-23-13-9-17-33(27(23)5)41-37(45)21-31(39(47)43-35-19-11-15-25(3)29(35)7)32(40(48)44-36-20-12-16-26(4)30(36)8)22-38(46)42-34-18-10-14-24(2)28(34)6/h9-20,31-32H,21-22H2,1-8H3,(H,41,45)(H,42,46)(H,43,47)(H,44,48). The smallest absolute Gasteiger partial charge is 0.228 e. The molecule has 2 unspecified atom stereocenters. The van der Waals surface area contributed by atoms with Crippen LogP contribution in [0.1, 0.15) is 57.3 Å². The zero-order chi connectivity index (χ0) is 35.1. The quantitative estimate of drug-likeness (QED) is 0.132. The van der Waals surface area contributed by atoms with Gasteiger partial charge in [-0.05, 0) is 124 Å². The monoisotopic (exact) mass is 646 g/mol. The van der Waals surface area contributed by atoms with Gasteiger partial charge >= 0.3 is 0 Å². The van der Waals surface area contributed by atoms with Crippen LogP contribution in [0.15, 0.2) is 72.8 Å². The number of nitrogens with one attached hydrogen (secondary N) is 4. The van der Waals surface area contributed by atoms with E-state index in [9.17, 15) is 19.2 Å². The Kier molecular flexibility index (Phi) is 11.5. The van der Waals surface area contributed by atoms with Crippen molar-refractivity contribution in [1.29, 1.82) is 0 Å². The lowest BCUT2D eigenvalue weighted by molar-refractivity contribution is -0.134. The fourth-order valence-electron chi connectivity index (χ4n) is 5.63. The van der Waals surface area contributed by atoms with E-state index in [1.807, 2.05) is 104 Å². The molecule has 0 radical (unpaired) electrons. The first kappa shape index (κ1) is 35.6. The molecule has 0 heterocycles. The maximum absolute atomic E-state index is 14.2. The third-order valence-corrected chi connectivity index (χ3v) is 9.45. The first-order valence-corrected chi connectivity index (χ1v) is 16.2. The Morgan fingerprint density at radius 3 is 0.938 bits per heavy atom. The van der Waals surface area contributed by atoms with Gasteiger partial charge in [-0.3, -0.25) is 19.2 Å². The number of carbonyl (C=O) groups is 4. The minimum Gasteiger partial charge on any atom is -0.326 e. The number of aryl methyl sites for hydroxylation is 4. The molecule has 0 aliphatic carbocycles. The second kappa shape index (κ2) is 15.6. The van der Waals surface area contributed by atoms with Gasteiger partial charge in [-0.1, -0.05) is 48.5 Å². The minimum atomic E-state index is -1.19. The Hall–Kier alpha value is -5.24. The molecular formula is C40H46N4O4. The average Bonchev–Trinajstić information content (AvgIpc) is 3.04. The van der Waals surface area contributed by atoms with E-state index in [1.165, 1.54) is 0 Å². The molecule has 0 aliphatic heterocycles. The van der Waals surface area contributed by atoms with E-state index in [-0.39, 0.29) is 12.8 Å². The Morgan fingerprint density at radius 2 is 0.667 bits per heavy atom. The normalized spacial score (nSPS) is 12.1. The van der Waals surface area contributed by atoms with E-state index in [4.69, 9.17) is 0 Å². The Balaban J connectivity index is 1.74. The second-order valence-electron chi connectivity index (χ2n) is 12.7. The SMILES string of the molecule is Cc1cccc(NC(=O)CC(C(=O)Nc2cccc(C)c2C)C(CC(=O)Nc2cccc(C)c2C)C(=O)Nc2cccc(C)c2C)c1C. The van der Waals surface area contributed by atoms with Crippen LogP contribution in [-0.2, 0) is 19.2 Å². The second-order valence-corrected chi connectivity index (χ2v) is 12.7. The highest BCUT2D eigenvalue weighted by molar-refractivity contribution is 6.05. The first-order valence-electron chi connectivity index (χ1n) is 16.2. The van der Waals surface area contributed by atoms with Gasteiger partial charge in [-0.25, -0.2) is 0 Å². The average molecular weight is 647 g/mol. The van der Waals surface area contributed by atoms with Crippen molar-refractivity contribution in [3.63, 3.8) is 0 Å². The number of anilines is 4. The van der Waals surface area contributed by atoms with Crippen LogP contribution in [0.2, 0.25) is 0 Å². The molecule has 0 aliphatic rings. The lowest BCUT2D eigenvalue weighted by Crippen LogP contribution is -2.41. The van der Waals surface area contributed by atoms with Crippen LogP contribution in [0.25, 0.3) is 0 Å². The number of benzene rings is 4. The lowest BCUT2D eigenvalue weighted by atomic mass is 9.84. The summed E-state index contributed by atoms with van der Waals surface area (Å²) < 4.78 is 0. The molecule has 8 nitrogen and oxygen atoms in total. The molecular weight excluding hydrogens is 600 g/mol. The van der Waals surface area contributed by atoms with E-state index in [1.54, 1.807) is 24.3 Å². The highest BCUT2D eigenvalue weighted by Crippen LogP contribution is 2.29. The number of carbonyl (C=O) groups excluding carboxylic acids is 4. The fraction of sp³-hybridized carbons (Fsp3) is 0.300. The zero-order valence-corrected chi connectivity index (χ0v) is 29.1. The van der Waals surface area contributed by atoms with Gasteiger partial charge in [0.25, 0.3) is 0 Å². The molecule has 0 aromatic heterocycles. The van der Waals surface area contributed by atoms with Crippen molar-refractivity contribution >= 4 is 46.4 Å². The van der Waals surface area contributed by atoms with Crippen molar-refractivity contribution in [2.45, 2.75) is 68.2 Å². The number of amides is 4. The third kappa shape index (κ3) is 8.56. The summed E-state index contributed by atoms with van der Waals surface area (Å²) >= 11 is 0. The number of hydrogen-bond acceptors (Lipinski definition) is 4. The Labute approximate surface area is 283 Å². The van der Waals surface area contributed by atoms with Crippen LogP contribution in [-0.4, -0.2) is 23.6 Å². The summed E-state index contributed by atoms with van der Waals surface area (Å²) in [5, 5.41) is 11.8. The van der Waals surface area contributed by atoms with Crippen molar-refractivity contribution in [3.05, 3.63) is 117 Å². The molecule has 2 atom stereocenters. The summed E-state index contributed by atoms with van der Waals surface area (Å²) in [4.78, 5) is 55.8. The van der Waals surface area contributed by atoms with E-state index in [0.717, 1.165) is 44.5 Å². The van der Waals surface area contributed by atoms with Crippen molar-refractivity contribution in [2.75, 3.05) is 21.3 Å². The van der Waals surface area contributed by atoms with Crippen LogP contribution in [0.4, 0.5) is 22.7 Å². The van der Waals surface area contributed by atoms with Crippen molar-refractivity contribution in [3.8, 4) is 0 Å². The van der Waals surface area contributed by atoms with E-state index >= 15 is 0 Å². The van der Waals surface area contributed by atoms with Gasteiger partial charge in [-0.2, -0.15) is 0 Å². The van der Waals surface area contributed by atoms with Crippen LogP contribution in [0, 0.1) is 67.2 Å². The first-order chi connectivity index (χ1) is 22.8. The summed E-state index contributed by atoms with van der Waals surface area (Å²) in [6.07, 6.45) is -0.655. The van der Waals surface area contributed by atoms with Crippen LogP contribution < -0.4 is 21.3 Å². The fourth-order valence-corrected chi connectivity index (χ4v) is 5.63. The van der Waals surface area contributed by atoms with Gasteiger partial charge in [0.15, 0.2) is 0 Å². The van der Waals surface area contributed by atoms with Gasteiger partial charge in [0.2, 0.25) is 23.6 Å². The summed E-state index contributed by atoms with van der Waals surface area (Å²) in [7, 11) is 0. The highest BCUT2D eigenvalue weighted by Gasteiger charge is 2.38. The molecule has 4 aromatic rings. The molecule has 250 valence electrons. The molecule has 4 aromatic carbocycles. The van der Waals surface area contributed by atoms with Crippen molar-refractivity contribution in [2.24, 2.45) is 11.8 Å². The summed E-state index contributed by atoms with van der Waals surface area (Å²) in [6.45, 7) is 15.4. The Morgan fingerprint density at radius 1 is 0.417 bits per heavy atom. The maximum Gasteiger partial charge on any atom is 0.228 e. The molecule has 4 N–H and O–H groups in total. The molecule has 0 bridgehead atoms. The largest absolute Gasteiger partial charge is 0.326 e. The van der Waals surface area contributed by atoms with E-state index in [2.05, 4.69) is 21.3 Å². The summed E-state index contributed by atoms with van der Waals surface area (Å²) in [5.41, 5.74) is 9.91.